The number of likely N-dealkylation sites (tertiary alicyclic amines) is 1. The van der Waals surface area contributed by atoms with Crippen molar-refractivity contribution in [2.75, 3.05) is 19.6 Å². The highest BCUT2D eigenvalue weighted by molar-refractivity contribution is 5.25. The topological polar surface area (TPSA) is 23.5 Å². The van der Waals surface area contributed by atoms with Crippen LogP contribution in [0.15, 0.2) is 24.3 Å². The fraction of sp³-hybridized carbons (Fsp3) is 0.625. The van der Waals surface area contributed by atoms with E-state index in [-0.39, 0.29) is 0 Å². The summed E-state index contributed by atoms with van der Waals surface area (Å²) in [5, 5.41) is 9.24. The minimum absolute atomic E-state index is 0.359. The molecule has 1 fully saturated rings. The Hall–Kier alpha value is -1.02. The van der Waals surface area contributed by atoms with E-state index in [0.717, 1.165) is 18.3 Å². The van der Waals surface area contributed by atoms with Crippen LogP contribution in [0.25, 0.3) is 0 Å². The smallest absolute Gasteiger partial charge is 0.115 e. The number of aryl methyl sites for hydroxylation is 1. The molecule has 1 saturated heterocycles. The molecule has 0 radical (unpaired) electrons. The molecule has 0 bridgehead atoms. The van der Waals surface area contributed by atoms with Gasteiger partial charge >= 0.3 is 0 Å². The molecule has 1 aliphatic rings. The lowest BCUT2D eigenvalue weighted by atomic mass is 9.92. The summed E-state index contributed by atoms with van der Waals surface area (Å²) in [6.45, 7) is 8.46. The number of benzene rings is 1. The van der Waals surface area contributed by atoms with E-state index in [0.29, 0.717) is 5.75 Å². The van der Waals surface area contributed by atoms with Gasteiger partial charge in [0.1, 0.15) is 5.75 Å². The fourth-order valence-corrected chi connectivity index (χ4v) is 3.14. The molecule has 2 atom stereocenters. The summed E-state index contributed by atoms with van der Waals surface area (Å²) in [4.78, 5) is 2.61. The highest BCUT2D eigenvalue weighted by Gasteiger charge is 2.20. The van der Waals surface area contributed by atoms with Crippen LogP contribution in [-0.4, -0.2) is 29.6 Å². The molecule has 1 aromatic rings. The van der Waals surface area contributed by atoms with Crippen molar-refractivity contribution in [3.8, 4) is 5.75 Å². The third-order valence-electron chi connectivity index (χ3n) is 3.82. The SMILES string of the molecule is CC1CC(C)CN(CCCc2ccc(O)cc2)C1. The predicted molar refractivity (Wildman–Crippen MR) is 75.8 cm³/mol. The van der Waals surface area contributed by atoms with Crippen molar-refractivity contribution < 1.29 is 5.11 Å². The first-order chi connectivity index (χ1) is 8.63. The molecule has 0 aromatic heterocycles. The standard InChI is InChI=1S/C16H25NO/c1-13-10-14(2)12-17(11-13)9-3-4-15-5-7-16(18)8-6-15/h5-8,13-14,18H,3-4,9-12H2,1-2H3. The number of rotatable bonds is 4. The zero-order valence-electron chi connectivity index (χ0n) is 11.6. The number of phenols is 1. The monoisotopic (exact) mass is 247 g/mol. The molecule has 1 aromatic carbocycles. The Kier molecular flexibility index (Phi) is 4.65. The van der Waals surface area contributed by atoms with Crippen LogP contribution in [0.4, 0.5) is 0 Å². The van der Waals surface area contributed by atoms with Gasteiger partial charge in [-0.3, -0.25) is 0 Å². The second-order valence-electron chi connectivity index (χ2n) is 5.98. The van der Waals surface area contributed by atoms with Crippen LogP contribution in [0.3, 0.4) is 0 Å². The summed E-state index contributed by atoms with van der Waals surface area (Å²) >= 11 is 0. The lowest BCUT2D eigenvalue weighted by molar-refractivity contribution is 0.140. The van der Waals surface area contributed by atoms with Crippen LogP contribution in [-0.2, 0) is 6.42 Å². The summed E-state index contributed by atoms with van der Waals surface area (Å²) in [6, 6.07) is 7.61. The van der Waals surface area contributed by atoms with E-state index >= 15 is 0 Å². The Balaban J connectivity index is 1.73. The Morgan fingerprint density at radius 3 is 2.33 bits per heavy atom. The van der Waals surface area contributed by atoms with Crippen LogP contribution < -0.4 is 0 Å². The fourth-order valence-electron chi connectivity index (χ4n) is 3.14. The van der Waals surface area contributed by atoms with Crippen LogP contribution in [0.2, 0.25) is 0 Å². The molecule has 1 heterocycles. The van der Waals surface area contributed by atoms with E-state index in [1.54, 1.807) is 12.1 Å². The lowest BCUT2D eigenvalue weighted by Gasteiger charge is -2.34. The number of hydrogen-bond donors (Lipinski definition) is 1. The third kappa shape index (κ3) is 4.02. The Morgan fingerprint density at radius 1 is 1.11 bits per heavy atom. The van der Waals surface area contributed by atoms with Crippen molar-refractivity contribution in [2.45, 2.75) is 33.1 Å². The van der Waals surface area contributed by atoms with Crippen molar-refractivity contribution in [2.24, 2.45) is 11.8 Å². The summed E-state index contributed by atoms with van der Waals surface area (Å²) in [6.07, 6.45) is 3.71. The maximum Gasteiger partial charge on any atom is 0.115 e. The van der Waals surface area contributed by atoms with Crippen molar-refractivity contribution in [1.82, 2.24) is 4.90 Å². The van der Waals surface area contributed by atoms with E-state index in [1.165, 1.54) is 38.0 Å². The Bertz CT molecular complexity index is 350. The van der Waals surface area contributed by atoms with Gasteiger partial charge in [0, 0.05) is 13.1 Å². The first kappa shape index (κ1) is 13.4. The highest BCUT2D eigenvalue weighted by Crippen LogP contribution is 2.21. The van der Waals surface area contributed by atoms with Crippen LogP contribution >= 0.6 is 0 Å². The minimum atomic E-state index is 0.359. The molecule has 2 rings (SSSR count). The molecule has 100 valence electrons. The molecule has 0 saturated carbocycles. The lowest BCUT2D eigenvalue weighted by Crippen LogP contribution is -2.39. The van der Waals surface area contributed by atoms with Crippen LogP contribution in [0, 0.1) is 11.8 Å². The molecule has 1 aliphatic heterocycles. The van der Waals surface area contributed by atoms with Gasteiger partial charge in [-0.1, -0.05) is 26.0 Å². The second-order valence-corrected chi connectivity index (χ2v) is 5.98. The quantitative estimate of drug-likeness (QED) is 0.882. The molecular weight excluding hydrogens is 222 g/mol. The van der Waals surface area contributed by atoms with E-state index in [4.69, 9.17) is 0 Å². The molecule has 2 unspecified atom stereocenters. The number of aromatic hydroxyl groups is 1. The third-order valence-corrected chi connectivity index (χ3v) is 3.82. The van der Waals surface area contributed by atoms with Gasteiger partial charge in [-0.15, -0.1) is 0 Å². The summed E-state index contributed by atoms with van der Waals surface area (Å²) in [5.41, 5.74) is 1.32. The van der Waals surface area contributed by atoms with Crippen LogP contribution in [0.5, 0.6) is 5.75 Å². The number of nitrogens with zero attached hydrogens (tertiary/aromatic N) is 1. The maximum absolute atomic E-state index is 9.24. The first-order valence-electron chi connectivity index (χ1n) is 7.13. The van der Waals surface area contributed by atoms with E-state index in [2.05, 4.69) is 18.7 Å². The van der Waals surface area contributed by atoms with Crippen molar-refractivity contribution >= 4 is 0 Å². The molecule has 2 heteroatoms. The van der Waals surface area contributed by atoms with Crippen molar-refractivity contribution in [3.05, 3.63) is 29.8 Å². The van der Waals surface area contributed by atoms with Crippen molar-refractivity contribution in [3.63, 3.8) is 0 Å². The zero-order chi connectivity index (χ0) is 13.0. The van der Waals surface area contributed by atoms with Gasteiger partial charge in [0.25, 0.3) is 0 Å². The van der Waals surface area contributed by atoms with Gasteiger partial charge in [0.2, 0.25) is 0 Å². The molecular formula is C16H25NO. The summed E-state index contributed by atoms with van der Waals surface area (Å²) in [5.74, 6) is 2.06. The van der Waals surface area contributed by atoms with E-state index in [9.17, 15) is 5.11 Å². The average Bonchev–Trinajstić information content (AvgIpc) is 2.30. The normalized spacial score (nSPS) is 25.2. The molecule has 2 nitrogen and oxygen atoms in total. The average molecular weight is 247 g/mol. The van der Waals surface area contributed by atoms with Gasteiger partial charge in [0.05, 0.1) is 0 Å². The first-order valence-corrected chi connectivity index (χ1v) is 7.13. The van der Waals surface area contributed by atoms with Gasteiger partial charge in [-0.05, 0) is 55.3 Å². The van der Waals surface area contributed by atoms with Crippen molar-refractivity contribution in [1.29, 1.82) is 0 Å². The van der Waals surface area contributed by atoms with E-state index in [1.807, 2.05) is 12.1 Å². The van der Waals surface area contributed by atoms with Gasteiger partial charge in [0.15, 0.2) is 0 Å². The zero-order valence-corrected chi connectivity index (χ0v) is 11.6. The molecule has 0 amide bonds. The number of hydrogen-bond acceptors (Lipinski definition) is 2. The Morgan fingerprint density at radius 2 is 1.72 bits per heavy atom. The predicted octanol–water partition coefficient (Wildman–Crippen LogP) is 3.30. The van der Waals surface area contributed by atoms with E-state index < -0.39 is 0 Å². The second kappa shape index (κ2) is 6.24. The Labute approximate surface area is 111 Å². The summed E-state index contributed by atoms with van der Waals surface area (Å²) in [7, 11) is 0. The molecule has 0 aliphatic carbocycles. The largest absolute Gasteiger partial charge is 0.508 e. The molecule has 1 N–H and O–H groups in total. The molecule has 0 spiro atoms. The number of piperidine rings is 1. The van der Waals surface area contributed by atoms with Gasteiger partial charge in [-0.25, -0.2) is 0 Å². The van der Waals surface area contributed by atoms with Crippen LogP contribution in [0.1, 0.15) is 32.3 Å². The maximum atomic E-state index is 9.24. The minimum Gasteiger partial charge on any atom is -0.508 e. The van der Waals surface area contributed by atoms with Gasteiger partial charge in [-0.2, -0.15) is 0 Å². The summed E-state index contributed by atoms with van der Waals surface area (Å²) < 4.78 is 0. The highest BCUT2D eigenvalue weighted by atomic mass is 16.3. The molecule has 18 heavy (non-hydrogen) atoms. The van der Waals surface area contributed by atoms with Gasteiger partial charge < -0.3 is 10.0 Å². The number of phenolic OH excluding ortho intramolecular Hbond substituents is 1.